The molecule has 0 fully saturated rings. The third-order valence-electron chi connectivity index (χ3n) is 2.52. The van der Waals surface area contributed by atoms with E-state index in [0.29, 0.717) is 19.7 Å². The number of rotatable bonds is 6. The number of hydrogen-bond acceptors (Lipinski definition) is 4. The second-order valence-electron chi connectivity index (χ2n) is 3.97. The van der Waals surface area contributed by atoms with E-state index in [0.717, 1.165) is 15.7 Å². The third-order valence-corrected chi connectivity index (χ3v) is 3.02. The van der Waals surface area contributed by atoms with Gasteiger partial charge in [-0.1, -0.05) is 22.0 Å². The summed E-state index contributed by atoms with van der Waals surface area (Å²) in [4.78, 5) is 1.98. The maximum absolute atomic E-state index is 9.70. The van der Waals surface area contributed by atoms with Crippen LogP contribution in [0.3, 0.4) is 0 Å². The molecule has 0 bridgehead atoms. The number of nitrogens with two attached hydrogens (primary N) is 1. The number of methoxy groups -OCH3 is 1. The molecule has 96 valence electrons. The molecule has 17 heavy (non-hydrogen) atoms. The minimum atomic E-state index is -0.505. The number of anilines is 1. The largest absolute Gasteiger partial charge is 0.389 e. The van der Waals surface area contributed by atoms with Gasteiger partial charge >= 0.3 is 0 Å². The molecule has 0 aliphatic rings. The van der Waals surface area contributed by atoms with Crippen molar-refractivity contribution in [3.05, 3.63) is 28.2 Å². The molecule has 0 saturated heterocycles. The SMILES string of the molecule is COCC(O)CN(C)c1cc(Br)ccc1CN. The summed E-state index contributed by atoms with van der Waals surface area (Å²) in [5, 5.41) is 9.70. The summed E-state index contributed by atoms with van der Waals surface area (Å²) in [5.41, 5.74) is 7.78. The molecule has 0 aliphatic heterocycles. The summed E-state index contributed by atoms with van der Waals surface area (Å²) in [5.74, 6) is 0. The van der Waals surface area contributed by atoms with Crippen LogP contribution in [0, 0.1) is 0 Å². The van der Waals surface area contributed by atoms with Gasteiger partial charge in [-0.2, -0.15) is 0 Å². The number of halogens is 1. The summed E-state index contributed by atoms with van der Waals surface area (Å²) in [7, 11) is 3.51. The van der Waals surface area contributed by atoms with Gasteiger partial charge in [-0.15, -0.1) is 0 Å². The minimum absolute atomic E-state index is 0.330. The van der Waals surface area contributed by atoms with Gasteiger partial charge in [-0.05, 0) is 17.7 Å². The van der Waals surface area contributed by atoms with Gasteiger partial charge in [0, 0.05) is 37.4 Å². The number of likely N-dealkylation sites (N-methyl/N-ethyl adjacent to an activating group) is 1. The van der Waals surface area contributed by atoms with Crippen molar-refractivity contribution in [2.75, 3.05) is 32.2 Å². The lowest BCUT2D eigenvalue weighted by Crippen LogP contribution is -2.32. The molecule has 1 atom stereocenters. The van der Waals surface area contributed by atoms with Crippen molar-refractivity contribution in [1.82, 2.24) is 0 Å². The molecule has 5 heteroatoms. The van der Waals surface area contributed by atoms with Gasteiger partial charge < -0.3 is 20.5 Å². The van der Waals surface area contributed by atoms with E-state index in [2.05, 4.69) is 15.9 Å². The fourth-order valence-electron chi connectivity index (χ4n) is 1.72. The normalized spacial score (nSPS) is 12.5. The number of benzene rings is 1. The van der Waals surface area contributed by atoms with Crippen molar-refractivity contribution in [1.29, 1.82) is 0 Å². The molecule has 0 radical (unpaired) electrons. The van der Waals surface area contributed by atoms with Gasteiger partial charge in [-0.25, -0.2) is 0 Å². The van der Waals surface area contributed by atoms with Gasteiger partial charge in [0.2, 0.25) is 0 Å². The lowest BCUT2D eigenvalue weighted by atomic mass is 10.1. The van der Waals surface area contributed by atoms with Crippen LogP contribution in [0.2, 0.25) is 0 Å². The van der Waals surface area contributed by atoms with E-state index in [1.807, 2.05) is 30.1 Å². The zero-order valence-electron chi connectivity index (χ0n) is 10.2. The van der Waals surface area contributed by atoms with E-state index < -0.39 is 6.10 Å². The molecule has 0 spiro atoms. The predicted octanol–water partition coefficient (Wildman–Crippen LogP) is 1.35. The summed E-state index contributed by atoms with van der Waals surface area (Å²) in [6.45, 7) is 1.32. The topological polar surface area (TPSA) is 58.7 Å². The molecular formula is C12H19BrN2O2. The predicted molar refractivity (Wildman–Crippen MR) is 73.2 cm³/mol. The van der Waals surface area contributed by atoms with E-state index in [1.165, 1.54) is 0 Å². The fraction of sp³-hybridized carbons (Fsp3) is 0.500. The molecule has 0 heterocycles. The number of ether oxygens (including phenoxy) is 1. The summed E-state index contributed by atoms with van der Waals surface area (Å²) < 4.78 is 5.91. The van der Waals surface area contributed by atoms with Crippen molar-refractivity contribution in [3.63, 3.8) is 0 Å². The molecule has 1 rings (SSSR count). The molecule has 0 aliphatic carbocycles. The zero-order chi connectivity index (χ0) is 12.8. The van der Waals surface area contributed by atoms with Crippen LogP contribution in [0.15, 0.2) is 22.7 Å². The lowest BCUT2D eigenvalue weighted by molar-refractivity contribution is 0.0695. The highest BCUT2D eigenvalue weighted by Gasteiger charge is 2.11. The smallest absolute Gasteiger partial charge is 0.0947 e. The molecule has 1 unspecified atom stereocenters. The molecule has 0 saturated carbocycles. The van der Waals surface area contributed by atoms with E-state index in [-0.39, 0.29) is 0 Å². The summed E-state index contributed by atoms with van der Waals surface area (Å²) >= 11 is 3.44. The van der Waals surface area contributed by atoms with Gasteiger partial charge in [-0.3, -0.25) is 0 Å². The fourth-order valence-corrected chi connectivity index (χ4v) is 2.07. The molecule has 0 amide bonds. The van der Waals surface area contributed by atoms with E-state index in [9.17, 15) is 5.11 Å². The highest BCUT2D eigenvalue weighted by molar-refractivity contribution is 9.10. The summed E-state index contributed by atoms with van der Waals surface area (Å²) in [6, 6.07) is 5.95. The zero-order valence-corrected chi connectivity index (χ0v) is 11.8. The standard InChI is InChI=1S/C12H19BrN2O2/c1-15(7-11(16)8-17-2)12-5-10(13)4-3-9(12)6-14/h3-5,11,16H,6-8,14H2,1-2H3. The molecule has 1 aromatic rings. The third kappa shape index (κ3) is 4.27. The Labute approximate surface area is 110 Å². The monoisotopic (exact) mass is 302 g/mol. The second-order valence-corrected chi connectivity index (χ2v) is 4.88. The van der Waals surface area contributed by atoms with Crippen LogP contribution in [0.5, 0.6) is 0 Å². The maximum Gasteiger partial charge on any atom is 0.0947 e. The number of aliphatic hydroxyl groups is 1. The second kappa shape index (κ2) is 6.96. The highest BCUT2D eigenvalue weighted by Crippen LogP contribution is 2.24. The minimum Gasteiger partial charge on any atom is -0.389 e. The average molecular weight is 303 g/mol. The lowest BCUT2D eigenvalue weighted by Gasteiger charge is -2.24. The van der Waals surface area contributed by atoms with Crippen molar-refractivity contribution >= 4 is 21.6 Å². The molecule has 0 aromatic heterocycles. The van der Waals surface area contributed by atoms with Crippen LogP contribution < -0.4 is 10.6 Å². The Hall–Kier alpha value is -0.620. The Morgan fingerprint density at radius 2 is 2.24 bits per heavy atom. The van der Waals surface area contributed by atoms with Crippen LogP contribution in [-0.4, -0.2) is 38.5 Å². The van der Waals surface area contributed by atoms with Gasteiger partial charge in [0.1, 0.15) is 0 Å². The van der Waals surface area contributed by atoms with E-state index in [4.69, 9.17) is 10.5 Å². The molecule has 3 N–H and O–H groups in total. The van der Waals surface area contributed by atoms with Gasteiger partial charge in [0.05, 0.1) is 12.7 Å². The summed E-state index contributed by atoms with van der Waals surface area (Å²) in [6.07, 6.45) is -0.505. The van der Waals surface area contributed by atoms with E-state index in [1.54, 1.807) is 7.11 Å². The number of hydrogen-bond donors (Lipinski definition) is 2. The quantitative estimate of drug-likeness (QED) is 0.833. The van der Waals surface area contributed by atoms with Crippen molar-refractivity contribution in [2.24, 2.45) is 5.73 Å². The maximum atomic E-state index is 9.70. The van der Waals surface area contributed by atoms with Crippen LogP contribution in [0.4, 0.5) is 5.69 Å². The Bertz CT molecular complexity index is 360. The average Bonchev–Trinajstić information content (AvgIpc) is 2.29. The van der Waals surface area contributed by atoms with Gasteiger partial charge in [0.25, 0.3) is 0 Å². The Balaban J connectivity index is 2.79. The molecular weight excluding hydrogens is 284 g/mol. The van der Waals surface area contributed by atoms with Crippen LogP contribution in [0.1, 0.15) is 5.56 Å². The Morgan fingerprint density at radius 3 is 2.82 bits per heavy atom. The van der Waals surface area contributed by atoms with Crippen LogP contribution in [-0.2, 0) is 11.3 Å². The van der Waals surface area contributed by atoms with Crippen LogP contribution in [0.25, 0.3) is 0 Å². The Kier molecular flexibility index (Phi) is 5.91. The first-order chi connectivity index (χ1) is 8.08. The first-order valence-corrected chi connectivity index (χ1v) is 6.24. The van der Waals surface area contributed by atoms with Crippen molar-refractivity contribution < 1.29 is 9.84 Å². The first kappa shape index (κ1) is 14.4. The highest BCUT2D eigenvalue weighted by atomic mass is 79.9. The van der Waals surface area contributed by atoms with Gasteiger partial charge in [0.15, 0.2) is 0 Å². The van der Waals surface area contributed by atoms with E-state index >= 15 is 0 Å². The Morgan fingerprint density at radius 1 is 1.53 bits per heavy atom. The van der Waals surface area contributed by atoms with Crippen molar-refractivity contribution in [3.8, 4) is 0 Å². The molecule has 1 aromatic carbocycles. The van der Waals surface area contributed by atoms with Crippen molar-refractivity contribution in [2.45, 2.75) is 12.6 Å². The van der Waals surface area contributed by atoms with Crippen LogP contribution >= 0.6 is 15.9 Å². The molecule has 4 nitrogen and oxygen atoms in total. The number of nitrogens with zero attached hydrogens (tertiary/aromatic N) is 1. The number of aliphatic hydroxyl groups excluding tert-OH is 1. The first-order valence-electron chi connectivity index (χ1n) is 5.45.